The molecular formula is C23H33N3O6. The first-order valence-corrected chi connectivity index (χ1v) is 11.2. The number of nitrogens with zero attached hydrogens (tertiary/aromatic N) is 2. The van der Waals surface area contributed by atoms with Crippen molar-refractivity contribution in [3.63, 3.8) is 0 Å². The van der Waals surface area contributed by atoms with E-state index >= 15 is 0 Å². The van der Waals surface area contributed by atoms with Gasteiger partial charge in [-0.05, 0) is 43.9 Å². The predicted octanol–water partition coefficient (Wildman–Crippen LogP) is 1.83. The summed E-state index contributed by atoms with van der Waals surface area (Å²) in [6.45, 7) is 4.24. The van der Waals surface area contributed by atoms with Crippen LogP contribution in [0.3, 0.4) is 0 Å². The van der Waals surface area contributed by atoms with Crippen LogP contribution < -0.4 is 14.8 Å². The molecule has 0 spiro atoms. The number of methoxy groups -OCH3 is 2. The Morgan fingerprint density at radius 2 is 1.84 bits per heavy atom. The minimum atomic E-state index is -0.337. The molecule has 2 aliphatic heterocycles. The van der Waals surface area contributed by atoms with Crippen molar-refractivity contribution in [2.75, 3.05) is 47.0 Å². The lowest BCUT2D eigenvalue weighted by molar-refractivity contribution is -0.129. The maximum absolute atomic E-state index is 12.7. The van der Waals surface area contributed by atoms with E-state index in [9.17, 15) is 14.4 Å². The molecule has 0 bridgehead atoms. The zero-order valence-corrected chi connectivity index (χ0v) is 19.1. The molecule has 1 N–H and O–H groups in total. The van der Waals surface area contributed by atoms with E-state index in [-0.39, 0.29) is 36.3 Å². The van der Waals surface area contributed by atoms with Gasteiger partial charge in [0.15, 0.2) is 11.5 Å². The Morgan fingerprint density at radius 1 is 1.12 bits per heavy atom. The molecule has 9 nitrogen and oxygen atoms in total. The first kappa shape index (κ1) is 23.7. The topological polar surface area (TPSA) is 97.4 Å². The van der Waals surface area contributed by atoms with Crippen molar-refractivity contribution in [3.8, 4) is 11.5 Å². The first-order valence-electron chi connectivity index (χ1n) is 11.2. The fourth-order valence-electron chi connectivity index (χ4n) is 4.20. The second-order valence-electron chi connectivity index (χ2n) is 8.15. The Morgan fingerprint density at radius 3 is 2.50 bits per heavy atom. The van der Waals surface area contributed by atoms with Crippen molar-refractivity contribution in [2.45, 2.75) is 38.6 Å². The molecule has 0 aliphatic carbocycles. The molecule has 3 rings (SSSR count). The molecule has 0 radical (unpaired) electrons. The van der Waals surface area contributed by atoms with Gasteiger partial charge < -0.3 is 29.3 Å². The number of piperidine rings is 1. The van der Waals surface area contributed by atoms with Crippen LogP contribution >= 0.6 is 0 Å². The Labute approximate surface area is 189 Å². The summed E-state index contributed by atoms with van der Waals surface area (Å²) in [5, 5.41) is 3.07. The average Bonchev–Trinajstić information content (AvgIpc) is 3.18. The van der Waals surface area contributed by atoms with Crippen molar-refractivity contribution in [1.82, 2.24) is 15.1 Å². The monoisotopic (exact) mass is 447 g/mol. The van der Waals surface area contributed by atoms with Crippen molar-refractivity contribution >= 4 is 17.9 Å². The molecular weight excluding hydrogens is 414 g/mol. The van der Waals surface area contributed by atoms with Crippen LogP contribution in [0.2, 0.25) is 0 Å². The summed E-state index contributed by atoms with van der Waals surface area (Å²) in [7, 11) is 3.19. The molecule has 1 atom stereocenters. The summed E-state index contributed by atoms with van der Waals surface area (Å²) in [5.41, 5.74) is 1.04. The van der Waals surface area contributed by atoms with Crippen molar-refractivity contribution in [1.29, 1.82) is 0 Å². The summed E-state index contributed by atoms with van der Waals surface area (Å²) in [6.07, 6.45) is 1.98. The van der Waals surface area contributed by atoms with Gasteiger partial charge in [-0.3, -0.25) is 9.59 Å². The highest BCUT2D eigenvalue weighted by Crippen LogP contribution is 2.28. The Bertz CT molecular complexity index is 822. The van der Waals surface area contributed by atoms with Gasteiger partial charge in [0.1, 0.15) is 0 Å². The minimum absolute atomic E-state index is 0.00255. The molecule has 32 heavy (non-hydrogen) atoms. The van der Waals surface area contributed by atoms with E-state index in [1.54, 1.807) is 30.9 Å². The fraction of sp³-hybridized carbons (Fsp3) is 0.609. The molecule has 0 unspecified atom stereocenters. The number of carbonyl (C=O) groups excluding carboxylic acids is 3. The van der Waals surface area contributed by atoms with Gasteiger partial charge >= 0.3 is 6.09 Å². The lowest BCUT2D eigenvalue weighted by Crippen LogP contribution is -2.48. The smallest absolute Gasteiger partial charge is 0.409 e. The quantitative estimate of drug-likeness (QED) is 0.653. The van der Waals surface area contributed by atoms with Gasteiger partial charge in [-0.2, -0.15) is 0 Å². The van der Waals surface area contributed by atoms with Gasteiger partial charge in [0.05, 0.1) is 26.7 Å². The van der Waals surface area contributed by atoms with E-state index in [1.807, 2.05) is 18.2 Å². The summed E-state index contributed by atoms with van der Waals surface area (Å²) in [5.74, 6) is 0.905. The molecule has 1 aromatic rings. The molecule has 176 valence electrons. The standard InChI is InChI=1S/C23H33N3O6/c1-4-32-23(29)25-11-8-18(9-12-25)24-22(28)17-14-21(27)26(15-17)10-7-16-5-6-19(30-2)20(13-16)31-3/h5-6,13,17-18H,4,7-12,14-15H2,1-3H3,(H,24,28)/t17-/m0/s1. The number of nitrogens with one attached hydrogen (secondary N) is 1. The molecule has 2 saturated heterocycles. The third kappa shape index (κ3) is 5.83. The van der Waals surface area contributed by atoms with Gasteiger partial charge in [-0.1, -0.05) is 6.07 Å². The van der Waals surface area contributed by atoms with Gasteiger partial charge in [0, 0.05) is 38.6 Å². The van der Waals surface area contributed by atoms with Crippen molar-refractivity contribution in [3.05, 3.63) is 23.8 Å². The number of ether oxygens (including phenoxy) is 3. The molecule has 2 aliphatic rings. The highest BCUT2D eigenvalue weighted by molar-refractivity contribution is 5.89. The zero-order valence-electron chi connectivity index (χ0n) is 19.1. The third-order valence-corrected chi connectivity index (χ3v) is 6.07. The number of benzene rings is 1. The molecule has 1 aromatic carbocycles. The Hall–Kier alpha value is -2.97. The lowest BCUT2D eigenvalue weighted by atomic mass is 10.0. The second-order valence-corrected chi connectivity index (χ2v) is 8.15. The van der Waals surface area contributed by atoms with Crippen molar-refractivity contribution in [2.24, 2.45) is 5.92 Å². The minimum Gasteiger partial charge on any atom is -0.493 e. The molecule has 2 fully saturated rings. The summed E-state index contributed by atoms with van der Waals surface area (Å²) >= 11 is 0. The maximum Gasteiger partial charge on any atom is 0.409 e. The van der Waals surface area contributed by atoms with E-state index < -0.39 is 0 Å². The Kier molecular flexibility index (Phi) is 8.19. The Balaban J connectivity index is 1.45. The van der Waals surface area contributed by atoms with Gasteiger partial charge in [-0.15, -0.1) is 0 Å². The number of hydrogen-bond acceptors (Lipinski definition) is 6. The van der Waals surface area contributed by atoms with Gasteiger partial charge in [-0.25, -0.2) is 4.79 Å². The zero-order chi connectivity index (χ0) is 23.1. The maximum atomic E-state index is 12.7. The summed E-state index contributed by atoms with van der Waals surface area (Å²) < 4.78 is 15.6. The lowest BCUT2D eigenvalue weighted by Gasteiger charge is -2.32. The normalized spacial score (nSPS) is 19.1. The highest BCUT2D eigenvalue weighted by Gasteiger charge is 2.35. The van der Waals surface area contributed by atoms with E-state index in [2.05, 4.69) is 5.32 Å². The van der Waals surface area contributed by atoms with Crippen LogP contribution in [0.1, 0.15) is 31.7 Å². The largest absolute Gasteiger partial charge is 0.493 e. The number of carbonyl (C=O) groups is 3. The van der Waals surface area contributed by atoms with Gasteiger partial charge in [0.25, 0.3) is 0 Å². The van der Waals surface area contributed by atoms with Crippen LogP contribution in [0.15, 0.2) is 18.2 Å². The van der Waals surface area contributed by atoms with E-state index in [4.69, 9.17) is 14.2 Å². The SMILES string of the molecule is CCOC(=O)N1CCC(NC(=O)[C@H]2CC(=O)N(CCc3ccc(OC)c(OC)c3)C2)CC1. The van der Waals surface area contributed by atoms with Crippen LogP contribution in [0.5, 0.6) is 11.5 Å². The fourth-order valence-corrected chi connectivity index (χ4v) is 4.20. The van der Waals surface area contributed by atoms with Crippen molar-refractivity contribution < 1.29 is 28.6 Å². The van der Waals surface area contributed by atoms with Gasteiger partial charge in [0.2, 0.25) is 11.8 Å². The van der Waals surface area contributed by atoms with Crippen LogP contribution in [-0.4, -0.2) is 80.8 Å². The molecule has 0 aromatic heterocycles. The number of rotatable bonds is 8. The van der Waals surface area contributed by atoms with E-state index in [1.165, 1.54) is 0 Å². The average molecular weight is 448 g/mol. The molecule has 9 heteroatoms. The highest BCUT2D eigenvalue weighted by atomic mass is 16.6. The number of hydrogen-bond donors (Lipinski definition) is 1. The molecule has 2 heterocycles. The van der Waals surface area contributed by atoms with Crippen LogP contribution in [0, 0.1) is 5.92 Å². The number of amides is 3. The predicted molar refractivity (Wildman–Crippen MR) is 118 cm³/mol. The number of likely N-dealkylation sites (tertiary alicyclic amines) is 2. The second kappa shape index (κ2) is 11.1. The third-order valence-electron chi connectivity index (χ3n) is 6.07. The van der Waals surface area contributed by atoms with E-state index in [0.717, 1.165) is 5.56 Å². The first-order chi connectivity index (χ1) is 15.4. The van der Waals surface area contributed by atoms with Crippen LogP contribution in [0.4, 0.5) is 4.79 Å². The summed E-state index contributed by atoms with van der Waals surface area (Å²) in [4.78, 5) is 40.4. The van der Waals surface area contributed by atoms with E-state index in [0.29, 0.717) is 63.5 Å². The van der Waals surface area contributed by atoms with Crippen LogP contribution in [0.25, 0.3) is 0 Å². The molecule has 0 saturated carbocycles. The molecule has 3 amide bonds. The summed E-state index contributed by atoms with van der Waals surface area (Å²) in [6, 6.07) is 5.73. The van der Waals surface area contributed by atoms with Crippen LogP contribution in [-0.2, 0) is 20.7 Å².